The topological polar surface area (TPSA) is 76.0 Å². The summed E-state index contributed by atoms with van der Waals surface area (Å²) in [5.41, 5.74) is 4.29. The van der Waals surface area contributed by atoms with Crippen molar-refractivity contribution in [3.05, 3.63) is 71.0 Å². The molecule has 2 aromatic carbocycles. The van der Waals surface area contributed by atoms with Gasteiger partial charge in [-0.15, -0.1) is 0 Å². The number of halogens is 3. The van der Waals surface area contributed by atoms with Gasteiger partial charge in [0.1, 0.15) is 6.54 Å². The Balaban J connectivity index is 1.66. The fourth-order valence-corrected chi connectivity index (χ4v) is 3.84. The van der Waals surface area contributed by atoms with Crippen LogP contribution in [0.3, 0.4) is 0 Å². The molecule has 2 N–H and O–H groups in total. The molecule has 0 saturated carbocycles. The number of aryl methyl sites for hydroxylation is 2. The van der Waals surface area contributed by atoms with Crippen LogP contribution >= 0.6 is 11.8 Å². The van der Waals surface area contributed by atoms with Crippen LogP contribution in [0.5, 0.6) is 0 Å². The van der Waals surface area contributed by atoms with E-state index in [-0.39, 0.29) is 17.2 Å². The Morgan fingerprint density at radius 1 is 1.09 bits per heavy atom. The predicted molar refractivity (Wildman–Crippen MR) is 122 cm³/mol. The lowest BCUT2D eigenvalue weighted by Crippen LogP contribution is -2.33. The first kappa shape index (κ1) is 24.4. The number of aromatic nitrogens is 2. The van der Waals surface area contributed by atoms with Crippen molar-refractivity contribution in [1.82, 2.24) is 14.9 Å². The fourth-order valence-electron chi connectivity index (χ4n) is 3.07. The van der Waals surface area contributed by atoms with E-state index in [1.807, 2.05) is 48.1 Å². The second kappa shape index (κ2) is 10.1. The molecule has 174 valence electrons. The average molecular weight is 477 g/mol. The number of hydrogen-bond acceptors (Lipinski definition) is 4. The third-order valence-corrected chi connectivity index (χ3v) is 5.96. The molecule has 33 heavy (non-hydrogen) atoms. The minimum atomic E-state index is -4.50. The number of alkyl halides is 3. The molecule has 0 saturated heterocycles. The van der Waals surface area contributed by atoms with Crippen molar-refractivity contribution in [2.45, 2.75) is 32.1 Å². The summed E-state index contributed by atoms with van der Waals surface area (Å²) >= 11 is 1.25. The van der Waals surface area contributed by atoms with Crippen LogP contribution in [0, 0.1) is 20.8 Å². The average Bonchev–Trinajstić information content (AvgIpc) is 3.22. The zero-order valence-corrected chi connectivity index (χ0v) is 19.1. The zero-order chi connectivity index (χ0) is 24.2. The molecule has 0 unspecified atom stereocenters. The molecule has 3 rings (SSSR count). The standard InChI is InChI=1S/C23H23F3N4O2S/c1-14-5-4-6-19(16(14)3)30-10-9-27-22(30)33-12-20(31)29-18-11-17(8-7-15(18)2)21(32)28-13-23(24,25)26/h4-11H,12-13H2,1-3H3,(H,28,32)(H,29,31). The Bertz CT molecular complexity index is 1170. The highest BCUT2D eigenvalue weighted by molar-refractivity contribution is 7.99. The molecule has 0 aliphatic rings. The quantitative estimate of drug-likeness (QED) is 0.480. The second-order valence-corrected chi connectivity index (χ2v) is 8.41. The third-order valence-electron chi connectivity index (χ3n) is 5.00. The van der Waals surface area contributed by atoms with E-state index in [1.165, 1.54) is 23.9 Å². The summed E-state index contributed by atoms with van der Waals surface area (Å²) in [6.45, 7) is 4.35. The number of carbonyl (C=O) groups excluding carboxylic acids is 2. The van der Waals surface area contributed by atoms with Crippen molar-refractivity contribution < 1.29 is 22.8 Å². The SMILES string of the molecule is Cc1ccc(C(=O)NCC(F)(F)F)cc1NC(=O)CSc1nccn1-c1cccc(C)c1C. The number of amides is 2. The minimum Gasteiger partial charge on any atom is -0.343 e. The minimum absolute atomic E-state index is 0.0262. The maximum atomic E-state index is 12.5. The van der Waals surface area contributed by atoms with E-state index in [9.17, 15) is 22.8 Å². The second-order valence-electron chi connectivity index (χ2n) is 7.46. The van der Waals surface area contributed by atoms with Crippen molar-refractivity contribution in [2.24, 2.45) is 0 Å². The van der Waals surface area contributed by atoms with Crippen LogP contribution in [-0.2, 0) is 4.79 Å². The molecule has 0 fully saturated rings. The largest absolute Gasteiger partial charge is 0.405 e. The summed E-state index contributed by atoms with van der Waals surface area (Å²) in [4.78, 5) is 28.9. The van der Waals surface area contributed by atoms with Crippen LogP contribution in [0.4, 0.5) is 18.9 Å². The fraction of sp³-hybridized carbons (Fsp3) is 0.261. The van der Waals surface area contributed by atoms with Gasteiger partial charge in [-0.25, -0.2) is 4.98 Å². The van der Waals surface area contributed by atoms with Crippen molar-refractivity contribution in [3.8, 4) is 5.69 Å². The van der Waals surface area contributed by atoms with Gasteiger partial charge in [-0.3, -0.25) is 14.2 Å². The number of anilines is 1. The zero-order valence-electron chi connectivity index (χ0n) is 18.3. The van der Waals surface area contributed by atoms with Crippen LogP contribution in [0.2, 0.25) is 0 Å². The number of thioether (sulfide) groups is 1. The van der Waals surface area contributed by atoms with Crippen LogP contribution < -0.4 is 10.6 Å². The van der Waals surface area contributed by atoms with E-state index >= 15 is 0 Å². The van der Waals surface area contributed by atoms with E-state index in [2.05, 4.69) is 10.3 Å². The molecule has 0 atom stereocenters. The molecule has 1 heterocycles. The van der Waals surface area contributed by atoms with Crippen molar-refractivity contribution in [2.75, 3.05) is 17.6 Å². The molecule has 10 heteroatoms. The molecule has 6 nitrogen and oxygen atoms in total. The van der Waals surface area contributed by atoms with E-state index < -0.39 is 18.6 Å². The van der Waals surface area contributed by atoms with Gasteiger partial charge in [0.2, 0.25) is 5.91 Å². The number of rotatable bonds is 7. The van der Waals surface area contributed by atoms with Gasteiger partial charge in [0.25, 0.3) is 5.91 Å². The maximum absolute atomic E-state index is 12.5. The third kappa shape index (κ3) is 6.38. The Morgan fingerprint density at radius 2 is 1.85 bits per heavy atom. The lowest BCUT2D eigenvalue weighted by molar-refractivity contribution is -0.123. The smallest absolute Gasteiger partial charge is 0.343 e. The molecule has 3 aromatic rings. The molecular weight excluding hydrogens is 453 g/mol. The van der Waals surface area contributed by atoms with Gasteiger partial charge in [0, 0.05) is 23.6 Å². The lowest BCUT2D eigenvalue weighted by Gasteiger charge is -2.13. The molecule has 0 radical (unpaired) electrons. The lowest BCUT2D eigenvalue weighted by atomic mass is 10.1. The Morgan fingerprint density at radius 3 is 2.58 bits per heavy atom. The van der Waals surface area contributed by atoms with Gasteiger partial charge in [0.05, 0.1) is 11.4 Å². The first-order chi connectivity index (χ1) is 15.5. The highest BCUT2D eigenvalue weighted by atomic mass is 32.2. The van der Waals surface area contributed by atoms with Gasteiger partial charge in [-0.05, 0) is 55.7 Å². The van der Waals surface area contributed by atoms with Crippen LogP contribution in [0.1, 0.15) is 27.0 Å². The number of imidazole rings is 1. The summed E-state index contributed by atoms with van der Waals surface area (Å²) in [7, 11) is 0. The molecule has 2 amide bonds. The van der Waals surface area contributed by atoms with Gasteiger partial charge >= 0.3 is 6.18 Å². The number of benzene rings is 2. The Hall–Kier alpha value is -3.27. The van der Waals surface area contributed by atoms with Gasteiger partial charge in [-0.1, -0.05) is 30.0 Å². The molecule has 0 aliphatic heterocycles. The monoisotopic (exact) mass is 476 g/mol. The summed E-state index contributed by atoms with van der Waals surface area (Å²) in [6, 6.07) is 10.3. The number of hydrogen-bond donors (Lipinski definition) is 2. The van der Waals surface area contributed by atoms with E-state index in [0.717, 1.165) is 16.8 Å². The molecule has 0 aliphatic carbocycles. The highest BCUT2D eigenvalue weighted by Crippen LogP contribution is 2.25. The first-order valence-corrected chi connectivity index (χ1v) is 11.0. The van der Waals surface area contributed by atoms with Crippen molar-refractivity contribution in [3.63, 3.8) is 0 Å². The van der Waals surface area contributed by atoms with Gasteiger partial charge in [0.15, 0.2) is 5.16 Å². The van der Waals surface area contributed by atoms with Gasteiger partial charge < -0.3 is 10.6 Å². The van der Waals surface area contributed by atoms with Gasteiger partial charge in [-0.2, -0.15) is 13.2 Å². The summed E-state index contributed by atoms with van der Waals surface area (Å²) in [5, 5.41) is 5.19. The summed E-state index contributed by atoms with van der Waals surface area (Å²) in [5.74, 6) is -1.13. The maximum Gasteiger partial charge on any atom is 0.405 e. The number of nitrogens with zero attached hydrogens (tertiary/aromatic N) is 2. The number of carbonyl (C=O) groups is 2. The molecular formula is C23H23F3N4O2S. The first-order valence-electron chi connectivity index (χ1n) is 10.0. The normalized spacial score (nSPS) is 11.3. The van der Waals surface area contributed by atoms with Crippen LogP contribution in [0.15, 0.2) is 53.9 Å². The van der Waals surface area contributed by atoms with Crippen molar-refractivity contribution >= 4 is 29.3 Å². The predicted octanol–water partition coefficient (Wildman–Crippen LogP) is 4.82. The van der Waals surface area contributed by atoms with E-state index in [4.69, 9.17) is 0 Å². The summed E-state index contributed by atoms with van der Waals surface area (Å²) < 4.78 is 39.0. The molecule has 0 bridgehead atoms. The number of nitrogens with one attached hydrogen (secondary N) is 2. The molecule has 1 aromatic heterocycles. The van der Waals surface area contributed by atoms with Crippen LogP contribution in [0.25, 0.3) is 5.69 Å². The summed E-state index contributed by atoms with van der Waals surface area (Å²) in [6.07, 6.45) is -1.01. The van der Waals surface area contributed by atoms with E-state index in [0.29, 0.717) is 16.4 Å². The van der Waals surface area contributed by atoms with E-state index in [1.54, 1.807) is 19.2 Å². The Kier molecular flexibility index (Phi) is 7.47. The Labute approximate surface area is 193 Å². The highest BCUT2D eigenvalue weighted by Gasteiger charge is 2.28. The van der Waals surface area contributed by atoms with Crippen LogP contribution in [-0.4, -0.2) is 39.8 Å². The molecule has 0 spiro atoms. The van der Waals surface area contributed by atoms with Crippen molar-refractivity contribution in [1.29, 1.82) is 0 Å².